The third-order valence-electron chi connectivity index (χ3n) is 4.53. The summed E-state index contributed by atoms with van der Waals surface area (Å²) >= 11 is 12.1. The number of phenols is 1. The Morgan fingerprint density at radius 1 is 1.13 bits per heavy atom. The van der Waals surface area contributed by atoms with Crippen molar-refractivity contribution in [3.8, 4) is 5.75 Å². The highest BCUT2D eigenvalue weighted by atomic mass is 35.5. The Bertz CT molecular complexity index is 1270. The molecule has 2 N–H and O–H groups in total. The van der Waals surface area contributed by atoms with Gasteiger partial charge < -0.3 is 5.11 Å². The van der Waals surface area contributed by atoms with Crippen LogP contribution in [-0.2, 0) is 6.54 Å². The standard InChI is InChI=1S/C22H16Cl2N4O2/c23-16-7-5-15(19(24)11-16)13-28-10-9-20(27-28)22(30)26-25-12-18-17-4-2-1-3-14(17)6-8-21(18)29/h1-12,29H,13H2,(H,26,30)/b25-12-. The minimum absolute atomic E-state index is 0.0795. The van der Waals surface area contributed by atoms with Gasteiger partial charge in [0.15, 0.2) is 5.69 Å². The molecule has 0 fully saturated rings. The second-order valence-corrected chi connectivity index (χ2v) is 7.40. The summed E-state index contributed by atoms with van der Waals surface area (Å²) in [5, 5.41) is 21.2. The van der Waals surface area contributed by atoms with Crippen LogP contribution in [0.3, 0.4) is 0 Å². The number of nitrogens with zero attached hydrogens (tertiary/aromatic N) is 3. The van der Waals surface area contributed by atoms with Crippen molar-refractivity contribution < 1.29 is 9.90 Å². The van der Waals surface area contributed by atoms with Gasteiger partial charge in [-0.25, -0.2) is 5.43 Å². The van der Waals surface area contributed by atoms with Gasteiger partial charge in [-0.05, 0) is 40.6 Å². The van der Waals surface area contributed by atoms with Crippen molar-refractivity contribution >= 4 is 46.1 Å². The molecule has 4 rings (SSSR count). The molecule has 0 atom stereocenters. The number of aromatic nitrogens is 2. The number of carbonyl (C=O) groups is 1. The molecule has 1 heterocycles. The summed E-state index contributed by atoms with van der Waals surface area (Å²) in [6, 6.07) is 17.8. The molecule has 0 saturated heterocycles. The Morgan fingerprint density at radius 3 is 2.80 bits per heavy atom. The van der Waals surface area contributed by atoms with Crippen LogP contribution in [0.2, 0.25) is 10.0 Å². The molecule has 0 unspecified atom stereocenters. The van der Waals surface area contributed by atoms with E-state index in [2.05, 4.69) is 15.6 Å². The number of hydrogen-bond donors (Lipinski definition) is 2. The molecule has 1 aromatic heterocycles. The third kappa shape index (κ3) is 4.30. The summed E-state index contributed by atoms with van der Waals surface area (Å²) in [5.41, 5.74) is 4.00. The fourth-order valence-electron chi connectivity index (χ4n) is 3.03. The molecule has 0 aliphatic carbocycles. The molecule has 1 amide bonds. The summed E-state index contributed by atoms with van der Waals surface area (Å²) in [7, 11) is 0. The lowest BCUT2D eigenvalue weighted by molar-refractivity contribution is 0.0949. The summed E-state index contributed by atoms with van der Waals surface area (Å²) in [6.45, 7) is 0.399. The van der Waals surface area contributed by atoms with E-state index >= 15 is 0 Å². The van der Waals surface area contributed by atoms with Gasteiger partial charge in [-0.1, -0.05) is 59.6 Å². The quantitative estimate of drug-likeness (QED) is 0.344. The van der Waals surface area contributed by atoms with Crippen molar-refractivity contribution in [2.24, 2.45) is 5.10 Å². The zero-order valence-electron chi connectivity index (χ0n) is 15.6. The van der Waals surface area contributed by atoms with Gasteiger partial charge in [-0.3, -0.25) is 9.48 Å². The number of carbonyl (C=O) groups excluding carboxylic acids is 1. The lowest BCUT2D eigenvalue weighted by Gasteiger charge is -2.05. The second kappa shape index (κ2) is 8.57. The minimum Gasteiger partial charge on any atom is -0.507 e. The molecule has 0 bridgehead atoms. The third-order valence-corrected chi connectivity index (χ3v) is 5.12. The molecule has 4 aromatic rings. The number of amides is 1. The molecule has 3 aromatic carbocycles. The van der Waals surface area contributed by atoms with Crippen LogP contribution in [0.15, 0.2) is 72.0 Å². The molecule has 0 radical (unpaired) electrons. The molecular weight excluding hydrogens is 423 g/mol. The minimum atomic E-state index is -0.466. The highest BCUT2D eigenvalue weighted by Gasteiger charge is 2.10. The molecule has 8 heteroatoms. The Morgan fingerprint density at radius 2 is 1.97 bits per heavy atom. The van der Waals surface area contributed by atoms with Crippen molar-refractivity contribution in [2.75, 3.05) is 0 Å². The van der Waals surface area contributed by atoms with E-state index in [9.17, 15) is 9.90 Å². The Hall–Kier alpha value is -3.35. The summed E-state index contributed by atoms with van der Waals surface area (Å²) in [5.74, 6) is -0.386. The Kier molecular flexibility index (Phi) is 5.70. The second-order valence-electron chi connectivity index (χ2n) is 6.55. The van der Waals surface area contributed by atoms with Crippen LogP contribution in [-0.4, -0.2) is 27.0 Å². The van der Waals surface area contributed by atoms with Gasteiger partial charge >= 0.3 is 0 Å². The maximum atomic E-state index is 12.4. The van der Waals surface area contributed by atoms with E-state index in [0.717, 1.165) is 16.3 Å². The smallest absolute Gasteiger partial charge is 0.291 e. The van der Waals surface area contributed by atoms with Crippen molar-refractivity contribution in [3.05, 3.63) is 93.7 Å². The maximum Gasteiger partial charge on any atom is 0.291 e. The summed E-state index contributed by atoms with van der Waals surface area (Å²) in [6.07, 6.45) is 3.10. The molecular formula is C22H16Cl2N4O2. The number of benzene rings is 3. The van der Waals surface area contributed by atoms with Crippen molar-refractivity contribution in [1.82, 2.24) is 15.2 Å². The number of fused-ring (bicyclic) bond motifs is 1. The van der Waals surface area contributed by atoms with Gasteiger partial charge in [-0.15, -0.1) is 0 Å². The van der Waals surface area contributed by atoms with E-state index < -0.39 is 5.91 Å². The lowest BCUT2D eigenvalue weighted by atomic mass is 10.0. The average molecular weight is 439 g/mol. The van der Waals surface area contributed by atoms with Crippen LogP contribution in [0.4, 0.5) is 0 Å². The zero-order chi connectivity index (χ0) is 21.1. The number of aromatic hydroxyl groups is 1. The van der Waals surface area contributed by atoms with Crippen LogP contribution in [0.1, 0.15) is 21.6 Å². The number of hydrazone groups is 1. The average Bonchev–Trinajstić information content (AvgIpc) is 3.20. The normalized spacial score (nSPS) is 11.3. The first kappa shape index (κ1) is 19.9. The van der Waals surface area contributed by atoms with E-state index in [-0.39, 0.29) is 11.4 Å². The van der Waals surface area contributed by atoms with E-state index in [1.54, 1.807) is 35.1 Å². The van der Waals surface area contributed by atoms with E-state index in [1.807, 2.05) is 36.4 Å². The Balaban J connectivity index is 1.46. The molecule has 150 valence electrons. The van der Waals surface area contributed by atoms with Crippen LogP contribution >= 0.6 is 23.2 Å². The first-order valence-electron chi connectivity index (χ1n) is 9.03. The highest BCUT2D eigenvalue weighted by Crippen LogP contribution is 2.25. The van der Waals surface area contributed by atoms with E-state index in [4.69, 9.17) is 23.2 Å². The summed E-state index contributed by atoms with van der Waals surface area (Å²) in [4.78, 5) is 12.4. The fourth-order valence-corrected chi connectivity index (χ4v) is 3.50. The van der Waals surface area contributed by atoms with Gasteiger partial charge in [0.25, 0.3) is 5.91 Å². The Labute approximate surface area is 182 Å². The topological polar surface area (TPSA) is 79.5 Å². The largest absolute Gasteiger partial charge is 0.507 e. The fraction of sp³-hybridized carbons (Fsp3) is 0.0455. The SMILES string of the molecule is O=C(N/N=C\c1c(O)ccc2ccccc12)c1ccn(Cc2ccc(Cl)cc2Cl)n1. The lowest BCUT2D eigenvalue weighted by Crippen LogP contribution is -2.18. The highest BCUT2D eigenvalue weighted by molar-refractivity contribution is 6.35. The van der Waals surface area contributed by atoms with Gasteiger partial charge in [0.1, 0.15) is 5.75 Å². The molecule has 0 aliphatic heterocycles. The predicted molar refractivity (Wildman–Crippen MR) is 118 cm³/mol. The van der Waals surface area contributed by atoms with Gasteiger partial charge in [0, 0.05) is 21.8 Å². The van der Waals surface area contributed by atoms with Crippen molar-refractivity contribution in [1.29, 1.82) is 0 Å². The van der Waals surface area contributed by atoms with E-state index in [0.29, 0.717) is 22.2 Å². The van der Waals surface area contributed by atoms with Crippen LogP contribution in [0, 0.1) is 0 Å². The molecule has 0 spiro atoms. The number of phenolic OH excluding ortho intramolecular Hbond substituents is 1. The van der Waals surface area contributed by atoms with Crippen LogP contribution in [0.5, 0.6) is 5.75 Å². The van der Waals surface area contributed by atoms with Gasteiger partial charge in [0.05, 0.1) is 12.8 Å². The molecule has 0 aliphatic rings. The predicted octanol–water partition coefficient (Wildman–Crippen LogP) is 4.86. The van der Waals surface area contributed by atoms with Crippen molar-refractivity contribution in [3.63, 3.8) is 0 Å². The number of halogens is 2. The first-order valence-corrected chi connectivity index (χ1v) is 9.78. The maximum absolute atomic E-state index is 12.4. The molecule has 6 nitrogen and oxygen atoms in total. The van der Waals surface area contributed by atoms with Gasteiger partial charge in [0.2, 0.25) is 0 Å². The van der Waals surface area contributed by atoms with Gasteiger partial charge in [-0.2, -0.15) is 10.2 Å². The van der Waals surface area contributed by atoms with Crippen LogP contribution < -0.4 is 5.43 Å². The number of hydrogen-bond acceptors (Lipinski definition) is 4. The summed E-state index contributed by atoms with van der Waals surface area (Å²) < 4.78 is 1.60. The first-order chi connectivity index (χ1) is 14.5. The molecule has 30 heavy (non-hydrogen) atoms. The van der Waals surface area contributed by atoms with Crippen LogP contribution in [0.25, 0.3) is 10.8 Å². The zero-order valence-corrected chi connectivity index (χ0v) is 17.1. The van der Waals surface area contributed by atoms with E-state index in [1.165, 1.54) is 6.21 Å². The monoisotopic (exact) mass is 438 g/mol. The number of rotatable bonds is 5. The van der Waals surface area contributed by atoms with Crippen molar-refractivity contribution in [2.45, 2.75) is 6.54 Å². The molecule has 0 saturated carbocycles. The number of nitrogens with one attached hydrogen (secondary N) is 1.